The Bertz CT molecular complexity index is 163. The maximum Gasteiger partial charge on any atom is 0.248 e. The van der Waals surface area contributed by atoms with Crippen molar-refractivity contribution in [3.8, 4) is 0 Å². The van der Waals surface area contributed by atoms with Crippen LogP contribution in [0.25, 0.3) is 0 Å². The van der Waals surface area contributed by atoms with Gasteiger partial charge in [-0.25, -0.2) is 8.78 Å². The number of rotatable bonds is 10. The molecule has 0 saturated carbocycles. The van der Waals surface area contributed by atoms with Gasteiger partial charge in [-0.15, -0.1) is 0 Å². The summed E-state index contributed by atoms with van der Waals surface area (Å²) in [5, 5.41) is 0. The molecule has 0 bridgehead atoms. The number of hydrogen-bond donors (Lipinski definition) is 0. The third kappa shape index (κ3) is 12.7. The first-order valence-corrected chi connectivity index (χ1v) is 5.94. The summed E-state index contributed by atoms with van der Waals surface area (Å²) in [6.07, 6.45) is 5.83. The second-order valence-corrected chi connectivity index (χ2v) is 4.08. The fourth-order valence-corrected chi connectivity index (χ4v) is 1.55. The van der Waals surface area contributed by atoms with E-state index in [1.165, 1.54) is 0 Å². The van der Waals surface area contributed by atoms with Gasteiger partial charge in [-0.3, -0.25) is 0 Å². The van der Waals surface area contributed by atoms with Crippen LogP contribution in [0.2, 0.25) is 0 Å². The summed E-state index contributed by atoms with van der Waals surface area (Å²) in [5.41, 5.74) is 0. The van der Waals surface area contributed by atoms with Gasteiger partial charge >= 0.3 is 0 Å². The van der Waals surface area contributed by atoms with E-state index in [1.54, 1.807) is 0 Å². The molecule has 0 aliphatic rings. The minimum Gasteiger partial charge on any atom is -0.303 e. The summed E-state index contributed by atoms with van der Waals surface area (Å²) in [4.78, 5) is 9.99. The average molecular weight is 458 g/mol. The minimum atomic E-state index is -2.52. The summed E-state index contributed by atoms with van der Waals surface area (Å²) < 4.78 is 26.4. The summed E-state index contributed by atoms with van der Waals surface area (Å²) in [7, 11) is 0. The molecule has 0 unspecified atom stereocenters. The zero-order valence-corrected chi connectivity index (χ0v) is 14.3. The van der Waals surface area contributed by atoms with Crippen LogP contribution >= 0.6 is 0 Å². The number of carbonyl (C=O) groups is 1. The quantitative estimate of drug-likeness (QED) is 0.352. The molecule has 0 spiro atoms. The molecule has 0 aliphatic carbocycles. The molecule has 0 saturated heterocycles. The normalized spacial score (nSPS) is 10.9. The Labute approximate surface area is 121 Å². The predicted octanol–water partition coefficient (Wildman–Crippen LogP) is 4.35. The van der Waals surface area contributed by atoms with Crippen LogP contribution in [-0.4, -0.2) is 12.2 Å². The fourth-order valence-electron chi connectivity index (χ4n) is 1.55. The molecule has 0 fully saturated rings. The van der Waals surface area contributed by atoms with Crippen molar-refractivity contribution in [3.63, 3.8) is 0 Å². The zero-order chi connectivity index (χ0) is 11.6. The maximum atomic E-state index is 13.2. The topological polar surface area (TPSA) is 17.1 Å². The van der Waals surface area contributed by atoms with Crippen molar-refractivity contribution in [2.75, 3.05) is 0 Å². The van der Waals surface area contributed by atoms with Crippen LogP contribution < -0.4 is 0 Å². The molecule has 0 radical (unpaired) electrons. The molecule has 0 aromatic rings. The van der Waals surface area contributed by atoms with Crippen LogP contribution in [0.15, 0.2) is 0 Å². The molecule has 0 aromatic carbocycles. The summed E-state index contributed by atoms with van der Waals surface area (Å²) >= 11 is 0. The number of unbranched alkanes of at least 4 members (excludes halogenated alkanes) is 5. The molecule has 0 N–H and O–H groups in total. The number of hydrogen-bond acceptors (Lipinski definition) is 1. The van der Waals surface area contributed by atoms with Crippen molar-refractivity contribution in [3.05, 3.63) is 0 Å². The van der Waals surface area contributed by atoms with Crippen LogP contribution in [0.3, 0.4) is 0 Å². The first-order valence-electron chi connectivity index (χ1n) is 5.94. The molecule has 0 atom stereocenters. The minimum absolute atomic E-state index is 0. The van der Waals surface area contributed by atoms with Crippen LogP contribution in [0.4, 0.5) is 8.78 Å². The smallest absolute Gasteiger partial charge is 0.248 e. The van der Waals surface area contributed by atoms with E-state index in [-0.39, 0.29) is 44.0 Å². The molecule has 0 aromatic heterocycles. The molecule has 94 valence electrons. The second kappa shape index (κ2) is 12.0. The predicted molar refractivity (Wildman–Crippen MR) is 58.2 cm³/mol. The maximum absolute atomic E-state index is 13.2. The Balaban J connectivity index is 0. The van der Waals surface area contributed by atoms with E-state index in [1.807, 2.05) is 0 Å². The van der Waals surface area contributed by atoms with Crippen molar-refractivity contribution in [2.45, 2.75) is 70.6 Å². The molecule has 0 aliphatic heterocycles. The van der Waals surface area contributed by atoms with Crippen molar-refractivity contribution in [1.82, 2.24) is 0 Å². The van der Waals surface area contributed by atoms with Gasteiger partial charge in [-0.05, 0) is 19.3 Å². The number of aldehydes is 1. The van der Waals surface area contributed by atoms with Crippen molar-refractivity contribution >= 4 is 6.29 Å². The standard InChI is InChI=1S/C12H22F2O.U/c1-2-3-4-6-9-12(13,14)10-7-5-8-11-15;/h11H,2-10H2,1H3;. The fraction of sp³-hybridized carbons (Fsp3) is 0.917. The van der Waals surface area contributed by atoms with Gasteiger partial charge in [0.15, 0.2) is 0 Å². The van der Waals surface area contributed by atoms with E-state index in [0.29, 0.717) is 25.7 Å². The Hall–Kier alpha value is 0.582. The summed E-state index contributed by atoms with van der Waals surface area (Å²) in [5.74, 6) is -2.52. The first kappa shape index (κ1) is 18.9. The molecule has 0 heterocycles. The molecule has 0 amide bonds. The van der Waals surface area contributed by atoms with E-state index < -0.39 is 5.92 Å². The zero-order valence-electron chi connectivity index (χ0n) is 10.1. The molecule has 16 heavy (non-hydrogen) atoms. The van der Waals surface area contributed by atoms with E-state index in [9.17, 15) is 13.6 Å². The number of halogens is 2. The number of carbonyl (C=O) groups excluding carboxylic acids is 1. The Morgan fingerprint density at radius 1 is 1.00 bits per heavy atom. The van der Waals surface area contributed by atoms with Gasteiger partial charge in [-0.2, -0.15) is 0 Å². The van der Waals surface area contributed by atoms with Gasteiger partial charge in [0.25, 0.3) is 0 Å². The van der Waals surface area contributed by atoms with Gasteiger partial charge in [0.05, 0.1) is 0 Å². The summed E-state index contributed by atoms with van der Waals surface area (Å²) in [6.45, 7) is 2.07. The van der Waals surface area contributed by atoms with Gasteiger partial charge in [0.1, 0.15) is 6.29 Å². The van der Waals surface area contributed by atoms with Gasteiger partial charge in [-0.1, -0.05) is 26.2 Å². The molecule has 0 rings (SSSR count). The molecule has 1 nitrogen and oxygen atoms in total. The third-order valence-electron chi connectivity index (χ3n) is 2.51. The van der Waals surface area contributed by atoms with Crippen molar-refractivity contribution in [1.29, 1.82) is 0 Å². The molecular formula is C12H22F2OU. The van der Waals surface area contributed by atoms with E-state index in [4.69, 9.17) is 0 Å². The molecule has 4 heteroatoms. The van der Waals surface area contributed by atoms with E-state index >= 15 is 0 Å². The Morgan fingerprint density at radius 3 is 2.06 bits per heavy atom. The van der Waals surface area contributed by atoms with Crippen molar-refractivity contribution < 1.29 is 44.7 Å². The largest absolute Gasteiger partial charge is 0.303 e. The van der Waals surface area contributed by atoms with Crippen LogP contribution in [0.5, 0.6) is 0 Å². The van der Waals surface area contributed by atoms with E-state index in [0.717, 1.165) is 25.5 Å². The average Bonchev–Trinajstić information content (AvgIpc) is 2.20. The number of alkyl halides is 2. The Morgan fingerprint density at radius 2 is 1.56 bits per heavy atom. The summed E-state index contributed by atoms with van der Waals surface area (Å²) in [6, 6.07) is 0. The monoisotopic (exact) mass is 458 g/mol. The SMILES string of the molecule is CCCCCCC(F)(F)CCCCC=O.[U]. The van der Waals surface area contributed by atoms with Crippen LogP contribution in [0.1, 0.15) is 64.7 Å². The van der Waals surface area contributed by atoms with Gasteiger partial charge < -0.3 is 4.79 Å². The van der Waals surface area contributed by atoms with Crippen LogP contribution in [-0.2, 0) is 4.79 Å². The molecular weight excluding hydrogens is 436 g/mol. The van der Waals surface area contributed by atoms with Gasteiger partial charge in [0, 0.05) is 50.4 Å². The van der Waals surface area contributed by atoms with Crippen molar-refractivity contribution in [2.24, 2.45) is 0 Å². The second-order valence-electron chi connectivity index (χ2n) is 4.08. The first-order chi connectivity index (χ1) is 7.12. The Kier molecular flexibility index (Phi) is 14.3. The van der Waals surface area contributed by atoms with Crippen LogP contribution in [0, 0.1) is 31.1 Å². The van der Waals surface area contributed by atoms with E-state index in [2.05, 4.69) is 6.92 Å². The third-order valence-corrected chi connectivity index (χ3v) is 2.51. The van der Waals surface area contributed by atoms with Gasteiger partial charge in [0.2, 0.25) is 5.92 Å².